The van der Waals surface area contributed by atoms with E-state index >= 15 is 0 Å². The van der Waals surface area contributed by atoms with Gasteiger partial charge < -0.3 is 15.1 Å². The Morgan fingerprint density at radius 1 is 1.10 bits per heavy atom. The second kappa shape index (κ2) is 9.61. The van der Waals surface area contributed by atoms with E-state index in [1.54, 1.807) is 4.90 Å². The zero-order valence-electron chi connectivity index (χ0n) is 16.6. The first-order valence-electron chi connectivity index (χ1n) is 10.3. The lowest BCUT2D eigenvalue weighted by atomic mass is 9.95. The Bertz CT molecular complexity index is 893. The summed E-state index contributed by atoms with van der Waals surface area (Å²) in [7, 11) is 0. The molecule has 4 rings (SSSR count). The van der Waals surface area contributed by atoms with Gasteiger partial charge >= 0.3 is 6.03 Å². The van der Waals surface area contributed by atoms with Crippen LogP contribution in [0.5, 0.6) is 0 Å². The van der Waals surface area contributed by atoms with Gasteiger partial charge in [0.05, 0.1) is 0 Å². The fourth-order valence-corrected chi connectivity index (χ4v) is 4.68. The highest BCUT2D eigenvalue weighted by Gasteiger charge is 2.26. The van der Waals surface area contributed by atoms with Crippen LogP contribution in [0.2, 0.25) is 5.02 Å². The summed E-state index contributed by atoms with van der Waals surface area (Å²) in [6, 6.07) is 7.65. The molecule has 0 unspecified atom stereocenters. The van der Waals surface area contributed by atoms with E-state index in [9.17, 15) is 9.59 Å². The standard InChI is InChI=1S/C20H25ClN6O2S/c21-14-5-4-8-16(13-14)26-9-11-27(12-10-26)20(29)23-19-17(24-25-30-19)18(28)22-15-6-2-1-3-7-15/h4-5,8,13,15H,1-3,6-7,9-12H2,(H,22,28)(H,23,29). The SMILES string of the molecule is O=C(NC1CCCCC1)c1nnsc1NC(=O)N1CCN(c2cccc(Cl)c2)CC1. The van der Waals surface area contributed by atoms with Crippen LogP contribution in [0.1, 0.15) is 42.6 Å². The Balaban J connectivity index is 1.31. The summed E-state index contributed by atoms with van der Waals surface area (Å²) in [5.41, 5.74) is 1.24. The molecule has 30 heavy (non-hydrogen) atoms. The Labute approximate surface area is 184 Å². The van der Waals surface area contributed by atoms with Gasteiger partial charge in [-0.1, -0.05) is 41.4 Å². The lowest BCUT2D eigenvalue weighted by Crippen LogP contribution is -2.50. The van der Waals surface area contributed by atoms with Crippen molar-refractivity contribution in [2.45, 2.75) is 38.1 Å². The van der Waals surface area contributed by atoms with Gasteiger partial charge in [-0.05, 0) is 31.0 Å². The number of hydrogen-bond acceptors (Lipinski definition) is 6. The van der Waals surface area contributed by atoms with Crippen LogP contribution in [-0.4, -0.2) is 58.6 Å². The number of carbonyl (C=O) groups is 2. The van der Waals surface area contributed by atoms with Crippen molar-refractivity contribution in [2.75, 3.05) is 36.4 Å². The van der Waals surface area contributed by atoms with Crippen molar-refractivity contribution in [3.63, 3.8) is 0 Å². The number of benzene rings is 1. The number of halogens is 1. The largest absolute Gasteiger partial charge is 0.368 e. The van der Waals surface area contributed by atoms with Crippen molar-refractivity contribution in [1.82, 2.24) is 19.8 Å². The molecule has 1 saturated carbocycles. The van der Waals surface area contributed by atoms with Gasteiger partial charge in [-0.3, -0.25) is 10.1 Å². The smallest absolute Gasteiger partial charge is 0.322 e. The molecule has 8 nitrogen and oxygen atoms in total. The molecule has 2 fully saturated rings. The Morgan fingerprint density at radius 3 is 2.60 bits per heavy atom. The molecular weight excluding hydrogens is 424 g/mol. The molecule has 2 aliphatic rings. The predicted octanol–water partition coefficient (Wildman–Crippen LogP) is 3.61. The minimum absolute atomic E-state index is 0.177. The molecule has 2 aromatic rings. The van der Waals surface area contributed by atoms with Crippen LogP contribution < -0.4 is 15.5 Å². The average Bonchev–Trinajstić information content (AvgIpc) is 3.23. The molecule has 1 aromatic heterocycles. The van der Waals surface area contributed by atoms with Gasteiger partial charge in [0.2, 0.25) is 0 Å². The second-order valence-corrected chi connectivity index (χ2v) is 8.83. The van der Waals surface area contributed by atoms with Crippen LogP contribution >= 0.6 is 23.1 Å². The van der Waals surface area contributed by atoms with Crippen molar-refractivity contribution in [2.24, 2.45) is 0 Å². The summed E-state index contributed by atoms with van der Waals surface area (Å²) in [5.74, 6) is -0.267. The summed E-state index contributed by atoms with van der Waals surface area (Å²) < 4.78 is 3.87. The van der Waals surface area contributed by atoms with Gasteiger partial charge in [0.25, 0.3) is 5.91 Å². The van der Waals surface area contributed by atoms with Gasteiger partial charge in [0.15, 0.2) is 10.7 Å². The van der Waals surface area contributed by atoms with Gasteiger partial charge in [-0.25, -0.2) is 4.79 Å². The first-order valence-corrected chi connectivity index (χ1v) is 11.4. The van der Waals surface area contributed by atoms with Crippen molar-refractivity contribution in [3.8, 4) is 0 Å². The summed E-state index contributed by atoms with van der Waals surface area (Å²) in [4.78, 5) is 29.3. The predicted molar refractivity (Wildman–Crippen MR) is 119 cm³/mol. The molecule has 2 heterocycles. The van der Waals surface area contributed by atoms with E-state index < -0.39 is 0 Å². The molecular formula is C20H25ClN6O2S. The Hall–Kier alpha value is -2.39. The van der Waals surface area contributed by atoms with Crippen LogP contribution in [0.3, 0.4) is 0 Å². The summed E-state index contributed by atoms with van der Waals surface area (Å²) >= 11 is 7.11. The lowest BCUT2D eigenvalue weighted by Gasteiger charge is -2.36. The zero-order chi connectivity index (χ0) is 20.9. The number of amides is 3. The number of urea groups is 1. The number of nitrogens with one attached hydrogen (secondary N) is 2. The first kappa shape index (κ1) is 20.9. The fourth-order valence-electron chi connectivity index (χ4n) is 3.94. The molecule has 0 spiro atoms. The van der Waals surface area contributed by atoms with Crippen LogP contribution in [-0.2, 0) is 0 Å². The third-order valence-electron chi connectivity index (χ3n) is 5.60. The number of nitrogens with zero attached hydrogens (tertiary/aromatic N) is 4. The van der Waals surface area contributed by atoms with Crippen molar-refractivity contribution in [1.29, 1.82) is 0 Å². The van der Waals surface area contributed by atoms with Crippen LogP contribution in [0.25, 0.3) is 0 Å². The second-order valence-electron chi connectivity index (χ2n) is 7.64. The van der Waals surface area contributed by atoms with E-state index in [0.29, 0.717) is 36.2 Å². The van der Waals surface area contributed by atoms with Crippen LogP contribution in [0.15, 0.2) is 24.3 Å². The Morgan fingerprint density at radius 2 is 1.87 bits per heavy atom. The molecule has 1 aliphatic carbocycles. The molecule has 0 atom stereocenters. The number of anilines is 2. The highest BCUT2D eigenvalue weighted by molar-refractivity contribution is 7.10. The minimum Gasteiger partial charge on any atom is -0.368 e. The number of rotatable bonds is 4. The van der Waals surface area contributed by atoms with E-state index in [2.05, 4.69) is 25.1 Å². The number of carbonyl (C=O) groups excluding carboxylic acids is 2. The zero-order valence-corrected chi connectivity index (χ0v) is 18.2. The maximum Gasteiger partial charge on any atom is 0.322 e. The minimum atomic E-state index is -0.267. The van der Waals surface area contributed by atoms with Crippen molar-refractivity contribution >= 4 is 45.8 Å². The molecule has 160 valence electrons. The highest BCUT2D eigenvalue weighted by atomic mass is 35.5. The quantitative estimate of drug-likeness (QED) is 0.745. The maximum absolute atomic E-state index is 12.7. The average molecular weight is 449 g/mol. The molecule has 0 radical (unpaired) electrons. The molecule has 1 aromatic carbocycles. The van der Waals surface area contributed by atoms with E-state index in [1.807, 2.05) is 24.3 Å². The lowest BCUT2D eigenvalue weighted by molar-refractivity contribution is 0.0923. The number of aromatic nitrogens is 2. The van der Waals surface area contributed by atoms with Gasteiger partial charge in [-0.15, -0.1) is 5.10 Å². The number of piperazine rings is 1. The maximum atomic E-state index is 12.7. The Kier molecular flexibility index (Phi) is 6.69. The van der Waals surface area contributed by atoms with Crippen LogP contribution in [0.4, 0.5) is 15.5 Å². The molecule has 1 saturated heterocycles. The van der Waals surface area contributed by atoms with Gasteiger partial charge in [0.1, 0.15) is 0 Å². The first-order chi connectivity index (χ1) is 14.6. The highest BCUT2D eigenvalue weighted by Crippen LogP contribution is 2.23. The van der Waals surface area contributed by atoms with Crippen molar-refractivity contribution in [3.05, 3.63) is 35.0 Å². The molecule has 2 N–H and O–H groups in total. The van der Waals surface area contributed by atoms with E-state index in [-0.39, 0.29) is 23.7 Å². The van der Waals surface area contributed by atoms with Gasteiger partial charge in [-0.2, -0.15) is 0 Å². The molecule has 10 heteroatoms. The van der Waals surface area contributed by atoms with E-state index in [1.165, 1.54) is 6.42 Å². The topological polar surface area (TPSA) is 90.5 Å². The van der Waals surface area contributed by atoms with Crippen molar-refractivity contribution < 1.29 is 9.59 Å². The fraction of sp³-hybridized carbons (Fsp3) is 0.500. The summed E-state index contributed by atoms with van der Waals surface area (Å²) in [6.45, 7) is 2.58. The third-order valence-corrected chi connectivity index (χ3v) is 6.48. The van der Waals surface area contributed by atoms with Crippen LogP contribution in [0, 0.1) is 0 Å². The number of hydrogen-bond donors (Lipinski definition) is 2. The normalized spacial score (nSPS) is 17.6. The third kappa shape index (κ3) is 5.02. The summed E-state index contributed by atoms with van der Waals surface area (Å²) in [5, 5.41) is 10.9. The van der Waals surface area contributed by atoms with E-state index in [4.69, 9.17) is 11.6 Å². The van der Waals surface area contributed by atoms with Gasteiger partial charge in [0, 0.05) is 54.5 Å². The van der Waals surface area contributed by atoms with E-state index in [0.717, 1.165) is 42.9 Å². The molecule has 1 aliphatic heterocycles. The monoisotopic (exact) mass is 448 g/mol. The molecule has 0 bridgehead atoms. The molecule has 3 amide bonds. The summed E-state index contributed by atoms with van der Waals surface area (Å²) in [6.07, 6.45) is 5.45.